The minimum atomic E-state index is 0.883. The Kier molecular flexibility index (Phi) is 1.95. The molecule has 3 heteroatoms. The van der Waals surface area contributed by atoms with Gasteiger partial charge in [0.05, 0.1) is 10.2 Å². The fraction of sp³-hybridized carbons (Fsp3) is 0.333. The number of aliphatic imine (C=N–C) groups is 2. The van der Waals surface area contributed by atoms with Gasteiger partial charge in [0.15, 0.2) is 0 Å². The summed E-state index contributed by atoms with van der Waals surface area (Å²) in [5.74, 6) is 0.883. The van der Waals surface area contributed by atoms with Crippen LogP contribution in [-0.4, -0.2) is 22.3 Å². The van der Waals surface area contributed by atoms with Gasteiger partial charge in [0.1, 0.15) is 5.84 Å². The Morgan fingerprint density at radius 2 is 2.44 bits per heavy atom. The van der Waals surface area contributed by atoms with E-state index in [1.165, 1.54) is 5.32 Å². The molecule has 0 aromatic rings. The molecule has 0 unspecified atom stereocenters. The molecule has 48 valence electrons. The van der Waals surface area contributed by atoms with Crippen molar-refractivity contribution in [2.45, 2.75) is 13.3 Å². The predicted octanol–water partition coefficient (Wildman–Crippen LogP) is 0.0861. The number of rotatable bonds is 0. The van der Waals surface area contributed by atoms with Crippen molar-refractivity contribution in [3.8, 4) is 0 Å². The predicted molar refractivity (Wildman–Crippen MR) is 44.2 cm³/mol. The Hall–Kier alpha value is -0.703. The second kappa shape index (κ2) is 2.73. The number of amidine groups is 1. The van der Waals surface area contributed by atoms with E-state index in [1.54, 1.807) is 0 Å². The average Bonchev–Trinajstić information content (AvgIpc) is 1.93. The summed E-state index contributed by atoms with van der Waals surface area (Å²) in [6.07, 6.45) is 4.95. The first-order valence-electron chi connectivity index (χ1n) is 3.03. The zero-order valence-corrected chi connectivity index (χ0v) is 7.76. The number of nitrogens with zero attached hydrogens (tertiary/aromatic N) is 2. The van der Waals surface area contributed by atoms with Crippen molar-refractivity contribution in [1.82, 2.24) is 0 Å². The van der Waals surface area contributed by atoms with Gasteiger partial charge in [-0.3, -0.25) is 0 Å². The maximum atomic E-state index is 4.22. The first-order valence-corrected chi connectivity index (χ1v) is 4.03. The molecule has 0 aromatic heterocycles. The van der Waals surface area contributed by atoms with Gasteiger partial charge in [-0.15, -0.1) is 0 Å². The van der Waals surface area contributed by atoms with Gasteiger partial charge in [0.2, 0.25) is 0 Å². The van der Waals surface area contributed by atoms with Gasteiger partial charge in [0.25, 0.3) is 0 Å². The lowest BCUT2D eigenvalue weighted by atomic mass is 10.4. The highest BCUT2D eigenvalue weighted by Crippen LogP contribution is 1.97. The molecule has 0 saturated heterocycles. The normalized spacial score (nSPS) is 18.8. The lowest BCUT2D eigenvalue weighted by Gasteiger charge is -1.87. The van der Waals surface area contributed by atoms with Crippen molar-refractivity contribution in [3.63, 3.8) is 0 Å². The van der Waals surface area contributed by atoms with E-state index < -0.39 is 0 Å². The summed E-state index contributed by atoms with van der Waals surface area (Å²) >= 11 is 0. The lowest BCUT2D eigenvalue weighted by molar-refractivity contribution is 1.42. The first-order chi connectivity index (χ1) is 4.29. The quantitative estimate of drug-likeness (QED) is 0.424. The van der Waals surface area contributed by atoms with E-state index >= 15 is 0 Å². The molecule has 0 saturated carbocycles. The highest BCUT2D eigenvalue weighted by Gasteiger charge is 1.90. The summed E-state index contributed by atoms with van der Waals surface area (Å²) in [4.78, 5) is 8.29. The maximum Gasteiger partial charge on any atom is 0.124 e. The molecule has 0 aliphatic carbocycles. The monoisotopic (exact) mass is 138 g/mol. The molecule has 9 heavy (non-hydrogen) atoms. The Morgan fingerprint density at radius 3 is 3.22 bits per heavy atom. The summed E-state index contributed by atoms with van der Waals surface area (Å²) in [5.41, 5.74) is 0. The van der Waals surface area contributed by atoms with E-state index in [2.05, 4.69) is 16.1 Å². The van der Waals surface area contributed by atoms with Crippen LogP contribution in [-0.2, 0) is 0 Å². The van der Waals surface area contributed by atoms with Gasteiger partial charge >= 0.3 is 0 Å². The fourth-order valence-corrected chi connectivity index (χ4v) is 1.30. The zero-order chi connectivity index (χ0) is 6.69. The molecular formula is C6H10N2Si. The number of hydrogen-bond acceptors (Lipinski definition) is 2. The molecule has 1 heterocycles. The van der Waals surface area contributed by atoms with E-state index in [0.717, 1.165) is 22.5 Å². The van der Waals surface area contributed by atoms with E-state index in [-0.39, 0.29) is 0 Å². The highest BCUT2D eigenvalue weighted by atomic mass is 28.1. The molecule has 0 atom stereocenters. The van der Waals surface area contributed by atoms with E-state index in [1.807, 2.05) is 13.1 Å². The smallest absolute Gasteiger partial charge is 0.124 e. The molecule has 0 amide bonds. The van der Waals surface area contributed by atoms with Crippen molar-refractivity contribution in [1.29, 1.82) is 0 Å². The van der Waals surface area contributed by atoms with Crippen LogP contribution in [0.4, 0.5) is 0 Å². The van der Waals surface area contributed by atoms with Crippen LogP contribution < -0.4 is 0 Å². The second-order valence-corrected chi connectivity index (χ2v) is 3.08. The molecule has 1 rings (SSSR count). The van der Waals surface area contributed by atoms with E-state index in [9.17, 15) is 0 Å². The number of hydrogen-bond donors (Lipinski definition) is 0. The van der Waals surface area contributed by atoms with Crippen LogP contribution in [0.15, 0.2) is 21.4 Å². The van der Waals surface area contributed by atoms with Crippen LogP contribution in [0.2, 0.25) is 0 Å². The van der Waals surface area contributed by atoms with Gasteiger partial charge in [-0.25, -0.2) is 9.98 Å². The second-order valence-electron chi connectivity index (χ2n) is 2.05. The molecule has 0 fully saturated rings. The summed E-state index contributed by atoms with van der Waals surface area (Å²) in [5, 5.41) is 1.20. The van der Waals surface area contributed by atoms with Crippen molar-refractivity contribution in [3.05, 3.63) is 11.4 Å². The third kappa shape index (κ3) is 1.93. The maximum absolute atomic E-state index is 4.22. The number of allylic oxidation sites excluding steroid dienone is 1. The molecular weight excluding hydrogens is 128 g/mol. The minimum absolute atomic E-state index is 0.883. The Balaban J connectivity index is 2.82. The van der Waals surface area contributed by atoms with Crippen molar-refractivity contribution in [2.75, 3.05) is 0 Å². The van der Waals surface area contributed by atoms with Crippen LogP contribution in [0.5, 0.6) is 0 Å². The van der Waals surface area contributed by atoms with E-state index in [4.69, 9.17) is 0 Å². The summed E-state index contributed by atoms with van der Waals surface area (Å²) < 4.78 is 0. The average molecular weight is 138 g/mol. The zero-order valence-electron chi connectivity index (χ0n) is 5.76. The van der Waals surface area contributed by atoms with Crippen molar-refractivity contribution >= 4 is 22.3 Å². The third-order valence-electron chi connectivity index (χ3n) is 1.13. The molecule has 0 N–H and O–H groups in total. The molecule has 1 aliphatic rings. The van der Waals surface area contributed by atoms with Crippen LogP contribution in [0.25, 0.3) is 0 Å². The summed E-state index contributed by atoms with van der Waals surface area (Å²) in [6.45, 7) is 1.92. The molecule has 0 aromatic carbocycles. The first kappa shape index (κ1) is 6.42. The van der Waals surface area contributed by atoms with Crippen LogP contribution in [0, 0.1) is 0 Å². The van der Waals surface area contributed by atoms with Gasteiger partial charge in [-0.2, -0.15) is 0 Å². The van der Waals surface area contributed by atoms with Crippen LogP contribution in [0.1, 0.15) is 13.3 Å². The fourth-order valence-electron chi connectivity index (χ4n) is 0.738. The molecule has 0 spiro atoms. The van der Waals surface area contributed by atoms with Crippen LogP contribution in [0.3, 0.4) is 0 Å². The summed E-state index contributed by atoms with van der Waals surface area (Å²) in [7, 11) is 1.03. The van der Waals surface area contributed by atoms with E-state index in [0.29, 0.717) is 0 Å². The molecule has 2 nitrogen and oxygen atoms in total. The molecule has 0 radical (unpaired) electrons. The molecule has 1 aliphatic heterocycles. The Bertz CT molecular complexity index is 191. The van der Waals surface area contributed by atoms with Crippen LogP contribution >= 0.6 is 0 Å². The minimum Gasteiger partial charge on any atom is -0.246 e. The van der Waals surface area contributed by atoms with Gasteiger partial charge in [-0.1, -0.05) is 6.08 Å². The Morgan fingerprint density at radius 1 is 1.67 bits per heavy atom. The molecule has 0 bridgehead atoms. The van der Waals surface area contributed by atoms with Gasteiger partial charge in [0, 0.05) is 18.0 Å². The van der Waals surface area contributed by atoms with Gasteiger partial charge in [-0.05, 0) is 6.92 Å². The topological polar surface area (TPSA) is 24.7 Å². The van der Waals surface area contributed by atoms with Gasteiger partial charge < -0.3 is 0 Å². The Labute approximate surface area is 57.8 Å². The van der Waals surface area contributed by atoms with Crippen molar-refractivity contribution < 1.29 is 0 Å². The SMILES string of the molecule is CC1=NC([SiH3])=CCC=N1. The highest BCUT2D eigenvalue weighted by molar-refractivity contribution is 6.22. The standard InChI is InChI=1S/C6H10N2Si/c1-5-7-4-2-3-6(9)8-5/h3-4H,2H2,1,9H3. The third-order valence-corrected chi connectivity index (χ3v) is 1.77. The van der Waals surface area contributed by atoms with Crippen molar-refractivity contribution in [2.24, 2.45) is 9.98 Å². The lowest BCUT2D eigenvalue weighted by Crippen LogP contribution is -1.84. The summed E-state index contributed by atoms with van der Waals surface area (Å²) in [6, 6.07) is 0. The largest absolute Gasteiger partial charge is 0.246 e.